The number of carbonyl (C=O) groups excluding carboxylic acids is 3. The Kier molecular flexibility index (Phi) is 5.30. The highest BCUT2D eigenvalue weighted by Gasteiger charge is 2.35. The first-order valence-corrected chi connectivity index (χ1v) is 9.01. The second-order valence-electron chi connectivity index (χ2n) is 6.15. The van der Waals surface area contributed by atoms with E-state index in [-0.39, 0.29) is 30.3 Å². The smallest absolute Gasteiger partial charge is 0.261 e. The minimum absolute atomic E-state index is 0.0127. The molecular weight excluding hydrogens is 374 g/mol. The first-order valence-electron chi connectivity index (χ1n) is 8.22. The molecule has 0 unspecified atom stereocenters. The highest BCUT2D eigenvalue weighted by molar-refractivity contribution is 9.10. The molecule has 2 N–H and O–H groups in total. The maximum Gasteiger partial charge on any atom is 0.261 e. The van der Waals surface area contributed by atoms with Gasteiger partial charge in [-0.1, -0.05) is 15.9 Å². The van der Waals surface area contributed by atoms with Gasteiger partial charge in [0.25, 0.3) is 11.8 Å². The minimum atomic E-state index is -0.282. The van der Waals surface area contributed by atoms with Crippen molar-refractivity contribution in [2.45, 2.75) is 31.7 Å². The van der Waals surface area contributed by atoms with Crippen LogP contribution in [0.2, 0.25) is 0 Å². The number of halogens is 1. The molecule has 1 aromatic rings. The topological polar surface area (TPSA) is 78.5 Å². The lowest BCUT2D eigenvalue weighted by molar-refractivity contribution is -0.122. The summed E-state index contributed by atoms with van der Waals surface area (Å²) >= 11 is 3.31. The Morgan fingerprint density at radius 2 is 1.92 bits per heavy atom. The molecule has 1 fully saturated rings. The summed E-state index contributed by atoms with van der Waals surface area (Å²) in [7, 11) is 0. The van der Waals surface area contributed by atoms with Crippen LogP contribution in [0.15, 0.2) is 22.7 Å². The van der Waals surface area contributed by atoms with E-state index >= 15 is 0 Å². The maximum atomic E-state index is 12.3. The fraction of sp³-hybridized carbons (Fsp3) is 0.471. The normalized spacial score (nSPS) is 18.0. The third-order valence-corrected chi connectivity index (χ3v) is 4.92. The van der Waals surface area contributed by atoms with Gasteiger partial charge in [-0.3, -0.25) is 19.3 Å². The van der Waals surface area contributed by atoms with Gasteiger partial charge in [0.1, 0.15) is 0 Å². The molecule has 2 aliphatic rings. The zero-order valence-electron chi connectivity index (χ0n) is 13.3. The number of nitrogens with one attached hydrogen (secondary N) is 2. The van der Waals surface area contributed by atoms with Gasteiger partial charge in [0.2, 0.25) is 5.91 Å². The Balaban J connectivity index is 1.49. The summed E-state index contributed by atoms with van der Waals surface area (Å²) in [4.78, 5) is 37.8. The second kappa shape index (κ2) is 7.44. The van der Waals surface area contributed by atoms with Gasteiger partial charge in [0.15, 0.2) is 0 Å². The Bertz CT molecular complexity index is 671. The van der Waals surface area contributed by atoms with Gasteiger partial charge < -0.3 is 10.6 Å². The van der Waals surface area contributed by atoms with Crippen molar-refractivity contribution in [3.8, 4) is 0 Å². The van der Waals surface area contributed by atoms with Gasteiger partial charge in [-0.05, 0) is 50.6 Å². The van der Waals surface area contributed by atoms with E-state index < -0.39 is 0 Å². The number of hydrogen-bond donors (Lipinski definition) is 2. The van der Waals surface area contributed by atoms with E-state index in [4.69, 9.17) is 0 Å². The van der Waals surface area contributed by atoms with E-state index in [1.54, 1.807) is 18.2 Å². The number of amides is 3. The molecule has 2 heterocycles. The number of rotatable bonds is 5. The van der Waals surface area contributed by atoms with Crippen LogP contribution in [0.4, 0.5) is 0 Å². The Labute approximate surface area is 149 Å². The molecule has 0 aromatic heterocycles. The molecular formula is C17H20BrN3O3. The Hall–Kier alpha value is -1.73. The van der Waals surface area contributed by atoms with Gasteiger partial charge in [0.05, 0.1) is 11.1 Å². The van der Waals surface area contributed by atoms with Crippen LogP contribution in [0.25, 0.3) is 0 Å². The van der Waals surface area contributed by atoms with E-state index in [2.05, 4.69) is 26.6 Å². The highest BCUT2D eigenvalue weighted by Crippen LogP contribution is 2.26. The van der Waals surface area contributed by atoms with Crippen LogP contribution in [0, 0.1) is 0 Å². The molecule has 3 rings (SSSR count). The van der Waals surface area contributed by atoms with Crippen molar-refractivity contribution in [3.63, 3.8) is 0 Å². The molecule has 24 heavy (non-hydrogen) atoms. The molecule has 1 aromatic carbocycles. The number of piperidine rings is 1. The lowest BCUT2D eigenvalue weighted by atomic mass is 10.1. The lowest BCUT2D eigenvalue weighted by Crippen LogP contribution is -2.42. The van der Waals surface area contributed by atoms with Crippen LogP contribution in [-0.4, -0.2) is 48.3 Å². The van der Waals surface area contributed by atoms with E-state index in [1.165, 1.54) is 4.90 Å². The average molecular weight is 394 g/mol. The standard InChI is InChI=1S/C17H20BrN3O3/c18-11-3-4-13-14(10-11)17(24)21(16(13)23)9-1-2-15(22)20-12-5-7-19-8-6-12/h3-4,10,12,19H,1-2,5-9H2,(H,20,22). The van der Waals surface area contributed by atoms with Crippen molar-refractivity contribution in [2.24, 2.45) is 0 Å². The van der Waals surface area contributed by atoms with Crippen LogP contribution in [0.3, 0.4) is 0 Å². The number of hydrogen-bond acceptors (Lipinski definition) is 4. The van der Waals surface area contributed by atoms with E-state index in [9.17, 15) is 14.4 Å². The molecule has 3 amide bonds. The fourth-order valence-corrected chi connectivity index (χ4v) is 3.49. The molecule has 128 valence electrons. The number of nitrogens with zero attached hydrogens (tertiary/aromatic N) is 1. The van der Waals surface area contributed by atoms with Crippen molar-refractivity contribution in [1.29, 1.82) is 0 Å². The van der Waals surface area contributed by atoms with Crippen LogP contribution < -0.4 is 10.6 Å². The molecule has 0 aliphatic carbocycles. The minimum Gasteiger partial charge on any atom is -0.353 e. The van der Waals surface area contributed by atoms with Gasteiger partial charge >= 0.3 is 0 Å². The largest absolute Gasteiger partial charge is 0.353 e. The molecule has 2 aliphatic heterocycles. The van der Waals surface area contributed by atoms with Crippen LogP contribution >= 0.6 is 15.9 Å². The van der Waals surface area contributed by atoms with Crippen molar-refractivity contribution in [3.05, 3.63) is 33.8 Å². The Morgan fingerprint density at radius 3 is 2.67 bits per heavy atom. The summed E-state index contributed by atoms with van der Waals surface area (Å²) in [6.07, 6.45) is 2.68. The second-order valence-corrected chi connectivity index (χ2v) is 7.06. The molecule has 0 bridgehead atoms. The zero-order chi connectivity index (χ0) is 17.1. The quantitative estimate of drug-likeness (QED) is 0.746. The van der Waals surface area contributed by atoms with Crippen molar-refractivity contribution in [2.75, 3.05) is 19.6 Å². The molecule has 6 nitrogen and oxygen atoms in total. The van der Waals surface area contributed by atoms with Crippen molar-refractivity contribution in [1.82, 2.24) is 15.5 Å². The number of fused-ring (bicyclic) bond motifs is 1. The average Bonchev–Trinajstić information content (AvgIpc) is 2.80. The summed E-state index contributed by atoms with van der Waals surface area (Å²) in [5.41, 5.74) is 0.857. The lowest BCUT2D eigenvalue weighted by Gasteiger charge is -2.23. The van der Waals surface area contributed by atoms with Gasteiger partial charge in [-0.2, -0.15) is 0 Å². The maximum absolute atomic E-state index is 12.3. The summed E-state index contributed by atoms with van der Waals surface area (Å²) < 4.78 is 0.769. The summed E-state index contributed by atoms with van der Waals surface area (Å²) in [6, 6.07) is 5.30. The van der Waals surface area contributed by atoms with Crippen LogP contribution in [0.1, 0.15) is 46.4 Å². The summed E-state index contributed by atoms with van der Waals surface area (Å²) in [6.45, 7) is 2.12. The number of imide groups is 1. The van der Waals surface area contributed by atoms with Gasteiger partial charge in [-0.15, -0.1) is 0 Å². The third kappa shape index (κ3) is 3.67. The highest BCUT2D eigenvalue weighted by atomic mass is 79.9. The molecule has 0 saturated carbocycles. The number of carbonyl (C=O) groups is 3. The van der Waals surface area contributed by atoms with E-state index in [0.29, 0.717) is 24.0 Å². The first kappa shape index (κ1) is 17.1. The van der Waals surface area contributed by atoms with Crippen LogP contribution in [0.5, 0.6) is 0 Å². The molecule has 1 saturated heterocycles. The molecule has 0 radical (unpaired) electrons. The van der Waals surface area contributed by atoms with Crippen molar-refractivity contribution >= 4 is 33.7 Å². The zero-order valence-corrected chi connectivity index (χ0v) is 14.9. The van der Waals surface area contributed by atoms with Gasteiger partial charge in [-0.25, -0.2) is 0 Å². The molecule has 0 spiro atoms. The van der Waals surface area contributed by atoms with E-state index in [0.717, 1.165) is 30.4 Å². The summed E-state index contributed by atoms with van der Waals surface area (Å²) in [5.74, 6) is -0.572. The predicted octanol–water partition coefficient (Wildman–Crippen LogP) is 1.69. The first-order chi connectivity index (χ1) is 11.6. The number of benzene rings is 1. The van der Waals surface area contributed by atoms with Crippen LogP contribution in [-0.2, 0) is 4.79 Å². The molecule has 0 atom stereocenters. The SMILES string of the molecule is O=C(CCCN1C(=O)c2ccc(Br)cc2C1=O)NC1CCNCC1. The van der Waals surface area contributed by atoms with Gasteiger partial charge in [0, 0.05) is 23.5 Å². The fourth-order valence-electron chi connectivity index (χ4n) is 3.13. The van der Waals surface area contributed by atoms with E-state index in [1.807, 2.05) is 0 Å². The van der Waals surface area contributed by atoms with Crippen molar-refractivity contribution < 1.29 is 14.4 Å². The third-order valence-electron chi connectivity index (χ3n) is 4.42. The monoisotopic (exact) mass is 393 g/mol. The predicted molar refractivity (Wildman–Crippen MR) is 92.8 cm³/mol. The summed E-state index contributed by atoms with van der Waals surface area (Å²) in [5, 5.41) is 6.27. The Morgan fingerprint density at radius 1 is 1.21 bits per heavy atom. The molecule has 7 heteroatoms.